The minimum absolute atomic E-state index is 0.218. The van der Waals surface area contributed by atoms with Gasteiger partial charge in [0.05, 0.1) is 18.6 Å². The van der Waals surface area contributed by atoms with E-state index >= 15 is 0 Å². The minimum Gasteiger partial charge on any atom is -0.458 e. The van der Waals surface area contributed by atoms with Gasteiger partial charge in [-0.3, -0.25) is 4.79 Å². The summed E-state index contributed by atoms with van der Waals surface area (Å²) in [5.41, 5.74) is 5.46. The second kappa shape index (κ2) is 2.56. The standard InChI is InChI=1S/C6H11NO3/c1-3(8)6-4(7)2-5(9)10-6/h3-4,6,8H,2,7H2,1H3/t3?,4-,6-/m0/s1. The highest BCUT2D eigenvalue weighted by Crippen LogP contribution is 2.15. The molecule has 0 radical (unpaired) electrons. The van der Waals surface area contributed by atoms with E-state index in [0.717, 1.165) is 0 Å². The van der Waals surface area contributed by atoms with E-state index in [1.807, 2.05) is 0 Å². The monoisotopic (exact) mass is 145 g/mol. The Labute approximate surface area is 59.0 Å². The molecule has 3 atom stereocenters. The van der Waals surface area contributed by atoms with Crippen molar-refractivity contribution in [3.05, 3.63) is 0 Å². The van der Waals surface area contributed by atoms with Crippen LogP contribution in [0.5, 0.6) is 0 Å². The molecule has 1 fully saturated rings. The van der Waals surface area contributed by atoms with Crippen molar-refractivity contribution in [3.63, 3.8) is 0 Å². The summed E-state index contributed by atoms with van der Waals surface area (Å²) in [6.45, 7) is 1.56. The van der Waals surface area contributed by atoms with Crippen LogP contribution in [0, 0.1) is 0 Å². The van der Waals surface area contributed by atoms with Gasteiger partial charge >= 0.3 is 5.97 Å². The van der Waals surface area contributed by atoms with Gasteiger partial charge in [-0.2, -0.15) is 0 Å². The van der Waals surface area contributed by atoms with Gasteiger partial charge in [0.25, 0.3) is 0 Å². The molecule has 3 N–H and O–H groups in total. The highest BCUT2D eigenvalue weighted by molar-refractivity contribution is 5.72. The number of aliphatic hydroxyl groups is 1. The first-order valence-corrected chi connectivity index (χ1v) is 3.24. The molecule has 0 aromatic heterocycles. The van der Waals surface area contributed by atoms with Crippen LogP contribution in [0.25, 0.3) is 0 Å². The molecular formula is C6H11NO3. The largest absolute Gasteiger partial charge is 0.458 e. The molecule has 4 nitrogen and oxygen atoms in total. The number of nitrogens with two attached hydrogens (primary N) is 1. The predicted molar refractivity (Wildman–Crippen MR) is 34.2 cm³/mol. The first-order valence-electron chi connectivity index (χ1n) is 3.24. The first-order chi connectivity index (χ1) is 4.61. The smallest absolute Gasteiger partial charge is 0.307 e. The van der Waals surface area contributed by atoms with Gasteiger partial charge in [0.1, 0.15) is 6.10 Å². The normalized spacial score (nSPS) is 35.7. The lowest BCUT2D eigenvalue weighted by atomic mass is 10.1. The number of carbonyl (C=O) groups is 1. The third-order valence-corrected chi connectivity index (χ3v) is 1.57. The number of esters is 1. The van der Waals surface area contributed by atoms with Crippen LogP contribution in [0.2, 0.25) is 0 Å². The van der Waals surface area contributed by atoms with Crippen LogP contribution in [0.3, 0.4) is 0 Å². The molecule has 0 aromatic carbocycles. The van der Waals surface area contributed by atoms with E-state index < -0.39 is 12.2 Å². The van der Waals surface area contributed by atoms with Gasteiger partial charge in [0.15, 0.2) is 0 Å². The quantitative estimate of drug-likeness (QED) is 0.465. The van der Waals surface area contributed by atoms with E-state index in [9.17, 15) is 4.79 Å². The Morgan fingerprint density at radius 1 is 1.90 bits per heavy atom. The van der Waals surface area contributed by atoms with Crippen molar-refractivity contribution in [2.24, 2.45) is 5.73 Å². The van der Waals surface area contributed by atoms with Crippen LogP contribution in [-0.2, 0) is 9.53 Å². The van der Waals surface area contributed by atoms with Crippen LogP contribution < -0.4 is 5.73 Å². The average molecular weight is 145 g/mol. The molecule has 1 aliphatic heterocycles. The fourth-order valence-corrected chi connectivity index (χ4v) is 1.05. The van der Waals surface area contributed by atoms with Gasteiger partial charge in [-0.25, -0.2) is 0 Å². The molecular weight excluding hydrogens is 134 g/mol. The third-order valence-electron chi connectivity index (χ3n) is 1.57. The zero-order valence-corrected chi connectivity index (χ0v) is 5.78. The number of rotatable bonds is 1. The van der Waals surface area contributed by atoms with Crippen molar-refractivity contribution in [3.8, 4) is 0 Å². The molecule has 0 spiro atoms. The number of cyclic esters (lactones) is 1. The molecule has 1 aliphatic rings. The Hall–Kier alpha value is -0.610. The van der Waals surface area contributed by atoms with Crippen LogP contribution in [0.1, 0.15) is 13.3 Å². The van der Waals surface area contributed by atoms with Crippen molar-refractivity contribution < 1.29 is 14.6 Å². The summed E-state index contributed by atoms with van der Waals surface area (Å²) in [6, 6.07) is -0.340. The molecule has 1 heterocycles. The van der Waals surface area contributed by atoms with Gasteiger partial charge in [-0.15, -0.1) is 0 Å². The van der Waals surface area contributed by atoms with Gasteiger partial charge in [0, 0.05) is 0 Å². The van der Waals surface area contributed by atoms with Crippen LogP contribution >= 0.6 is 0 Å². The summed E-state index contributed by atoms with van der Waals surface area (Å²) in [7, 11) is 0. The lowest BCUT2D eigenvalue weighted by Gasteiger charge is -2.15. The molecule has 0 aliphatic carbocycles. The molecule has 1 rings (SSSR count). The van der Waals surface area contributed by atoms with Crippen molar-refractivity contribution in [2.75, 3.05) is 0 Å². The van der Waals surface area contributed by atoms with Crippen molar-refractivity contribution in [1.82, 2.24) is 0 Å². The number of hydrogen-bond acceptors (Lipinski definition) is 4. The Kier molecular flexibility index (Phi) is 1.92. The Balaban J connectivity index is 2.54. The summed E-state index contributed by atoms with van der Waals surface area (Å²) in [6.07, 6.45) is -0.954. The fraction of sp³-hybridized carbons (Fsp3) is 0.833. The summed E-state index contributed by atoms with van der Waals surface area (Å²) < 4.78 is 4.72. The van der Waals surface area contributed by atoms with E-state index in [-0.39, 0.29) is 18.4 Å². The van der Waals surface area contributed by atoms with Crippen molar-refractivity contribution in [2.45, 2.75) is 31.6 Å². The molecule has 1 saturated heterocycles. The SMILES string of the molecule is CC(O)[C@@H]1OC(=O)C[C@@H]1N. The van der Waals surface area contributed by atoms with Gasteiger partial charge in [-0.05, 0) is 6.92 Å². The number of hydrogen-bond donors (Lipinski definition) is 2. The lowest BCUT2D eigenvalue weighted by molar-refractivity contribution is -0.145. The maximum atomic E-state index is 10.6. The average Bonchev–Trinajstić information content (AvgIpc) is 2.10. The fourth-order valence-electron chi connectivity index (χ4n) is 1.05. The Morgan fingerprint density at radius 2 is 2.50 bits per heavy atom. The van der Waals surface area contributed by atoms with E-state index in [4.69, 9.17) is 15.6 Å². The van der Waals surface area contributed by atoms with E-state index in [1.54, 1.807) is 6.92 Å². The molecule has 0 aromatic rings. The van der Waals surface area contributed by atoms with Gasteiger partial charge < -0.3 is 15.6 Å². The molecule has 4 heteroatoms. The molecule has 0 bridgehead atoms. The lowest BCUT2D eigenvalue weighted by Crippen LogP contribution is -2.38. The number of carbonyl (C=O) groups excluding carboxylic acids is 1. The van der Waals surface area contributed by atoms with Gasteiger partial charge in [0.2, 0.25) is 0 Å². The van der Waals surface area contributed by atoms with E-state index in [0.29, 0.717) is 0 Å². The summed E-state index contributed by atoms with van der Waals surface area (Å²) in [4.78, 5) is 10.6. The van der Waals surface area contributed by atoms with Crippen LogP contribution in [0.15, 0.2) is 0 Å². The predicted octanol–water partition coefficient (Wildman–Crippen LogP) is -0.990. The topological polar surface area (TPSA) is 72.5 Å². The zero-order chi connectivity index (χ0) is 7.72. The van der Waals surface area contributed by atoms with Gasteiger partial charge in [-0.1, -0.05) is 0 Å². The Bertz CT molecular complexity index is 146. The van der Waals surface area contributed by atoms with E-state index in [1.165, 1.54) is 0 Å². The molecule has 0 amide bonds. The highest BCUT2D eigenvalue weighted by atomic mass is 16.6. The first kappa shape index (κ1) is 7.50. The third kappa shape index (κ3) is 1.27. The van der Waals surface area contributed by atoms with Crippen molar-refractivity contribution in [1.29, 1.82) is 0 Å². The second-order valence-electron chi connectivity index (χ2n) is 2.56. The molecule has 58 valence electrons. The minimum atomic E-state index is -0.665. The maximum Gasteiger partial charge on any atom is 0.307 e. The Morgan fingerprint density at radius 3 is 2.70 bits per heavy atom. The number of ether oxygens (including phenoxy) is 1. The molecule has 0 saturated carbocycles. The second-order valence-corrected chi connectivity index (χ2v) is 2.56. The number of aliphatic hydroxyl groups excluding tert-OH is 1. The highest BCUT2D eigenvalue weighted by Gasteiger charge is 2.34. The van der Waals surface area contributed by atoms with Crippen molar-refractivity contribution >= 4 is 5.97 Å². The maximum absolute atomic E-state index is 10.6. The zero-order valence-electron chi connectivity index (χ0n) is 5.78. The molecule has 1 unspecified atom stereocenters. The summed E-state index contributed by atoms with van der Waals surface area (Å²) in [5, 5.41) is 8.98. The summed E-state index contributed by atoms with van der Waals surface area (Å²) >= 11 is 0. The van der Waals surface area contributed by atoms with E-state index in [2.05, 4.69) is 0 Å². The van der Waals surface area contributed by atoms with Crippen LogP contribution in [0.4, 0.5) is 0 Å². The molecule has 10 heavy (non-hydrogen) atoms. The summed E-state index contributed by atoms with van der Waals surface area (Å²) in [5.74, 6) is -0.321. The van der Waals surface area contributed by atoms with Crippen LogP contribution in [-0.4, -0.2) is 29.3 Å².